The van der Waals surface area contributed by atoms with Crippen LogP contribution in [0.15, 0.2) is 18.2 Å². The standard InChI is InChI=1S/C14H23NO3/c1-9(2)8-11(16)13(15)10-6-5-7-12(17-3)14(10)18-4/h5-7,9,11,13,16H,8,15H2,1-4H3/t11-,13+/m0/s1. The molecule has 0 unspecified atom stereocenters. The van der Waals surface area contributed by atoms with Crippen LogP contribution in [0.2, 0.25) is 0 Å². The van der Waals surface area contributed by atoms with Gasteiger partial charge in [0.05, 0.1) is 26.4 Å². The highest BCUT2D eigenvalue weighted by molar-refractivity contribution is 5.48. The molecule has 4 nitrogen and oxygen atoms in total. The van der Waals surface area contributed by atoms with Crippen LogP contribution in [0.5, 0.6) is 11.5 Å². The van der Waals surface area contributed by atoms with Crippen molar-refractivity contribution < 1.29 is 14.6 Å². The molecule has 0 aliphatic heterocycles. The van der Waals surface area contributed by atoms with Gasteiger partial charge in [-0.25, -0.2) is 0 Å². The SMILES string of the molecule is COc1cccc([C@@H](N)[C@@H](O)CC(C)C)c1OC. The molecule has 0 aliphatic rings. The summed E-state index contributed by atoms with van der Waals surface area (Å²) in [7, 11) is 3.15. The number of ether oxygens (including phenoxy) is 2. The minimum absolute atomic E-state index is 0.391. The van der Waals surface area contributed by atoms with Crippen LogP contribution in [-0.2, 0) is 0 Å². The minimum Gasteiger partial charge on any atom is -0.493 e. The van der Waals surface area contributed by atoms with E-state index in [-0.39, 0.29) is 0 Å². The van der Waals surface area contributed by atoms with Gasteiger partial charge in [0.2, 0.25) is 0 Å². The molecule has 0 fully saturated rings. The molecule has 4 heteroatoms. The van der Waals surface area contributed by atoms with Gasteiger partial charge in [0, 0.05) is 5.56 Å². The van der Waals surface area contributed by atoms with Crippen molar-refractivity contribution in [2.24, 2.45) is 11.7 Å². The number of nitrogens with two attached hydrogens (primary N) is 1. The topological polar surface area (TPSA) is 64.7 Å². The Bertz CT molecular complexity index is 379. The third-order valence-electron chi connectivity index (χ3n) is 2.92. The lowest BCUT2D eigenvalue weighted by Gasteiger charge is -2.23. The highest BCUT2D eigenvalue weighted by Crippen LogP contribution is 2.35. The first-order valence-corrected chi connectivity index (χ1v) is 6.15. The van der Waals surface area contributed by atoms with Crippen LogP contribution in [0.25, 0.3) is 0 Å². The molecule has 0 aromatic heterocycles. The summed E-state index contributed by atoms with van der Waals surface area (Å²) in [4.78, 5) is 0. The van der Waals surface area contributed by atoms with Crippen molar-refractivity contribution in [2.75, 3.05) is 14.2 Å². The molecule has 0 saturated carbocycles. The third-order valence-corrected chi connectivity index (χ3v) is 2.92. The van der Waals surface area contributed by atoms with Gasteiger partial charge in [-0.2, -0.15) is 0 Å². The van der Waals surface area contributed by atoms with Crippen LogP contribution < -0.4 is 15.2 Å². The Kier molecular flexibility index (Phi) is 5.44. The van der Waals surface area contributed by atoms with E-state index in [1.165, 1.54) is 0 Å². The Hall–Kier alpha value is -1.26. The molecule has 0 saturated heterocycles. The summed E-state index contributed by atoms with van der Waals surface area (Å²) >= 11 is 0. The average molecular weight is 253 g/mol. The molecule has 1 rings (SSSR count). The first kappa shape index (κ1) is 14.8. The Morgan fingerprint density at radius 2 is 1.89 bits per heavy atom. The van der Waals surface area contributed by atoms with Crippen LogP contribution in [-0.4, -0.2) is 25.4 Å². The number of aliphatic hydroxyl groups excluding tert-OH is 1. The van der Waals surface area contributed by atoms with Crippen LogP contribution >= 0.6 is 0 Å². The van der Waals surface area contributed by atoms with Crippen molar-refractivity contribution in [3.8, 4) is 11.5 Å². The molecule has 2 atom stereocenters. The molecule has 1 aromatic carbocycles. The largest absolute Gasteiger partial charge is 0.493 e. The van der Waals surface area contributed by atoms with Gasteiger partial charge in [0.25, 0.3) is 0 Å². The van der Waals surface area contributed by atoms with E-state index in [2.05, 4.69) is 13.8 Å². The molecule has 1 aromatic rings. The summed E-state index contributed by atoms with van der Waals surface area (Å²) in [5, 5.41) is 10.1. The highest BCUT2D eigenvalue weighted by Gasteiger charge is 2.22. The summed E-state index contributed by atoms with van der Waals surface area (Å²) in [6.45, 7) is 4.11. The van der Waals surface area contributed by atoms with Gasteiger partial charge < -0.3 is 20.3 Å². The van der Waals surface area contributed by atoms with Crippen molar-refractivity contribution in [3.05, 3.63) is 23.8 Å². The predicted octanol–water partition coefficient (Wildman–Crippen LogP) is 2.11. The summed E-state index contributed by atoms with van der Waals surface area (Å²) in [6, 6.07) is 5.04. The monoisotopic (exact) mass is 253 g/mol. The number of methoxy groups -OCH3 is 2. The number of hydrogen-bond donors (Lipinski definition) is 2. The Morgan fingerprint density at radius 1 is 1.22 bits per heavy atom. The molecule has 0 spiro atoms. The minimum atomic E-state index is -0.592. The molecule has 18 heavy (non-hydrogen) atoms. The molecular weight excluding hydrogens is 230 g/mol. The summed E-state index contributed by atoms with van der Waals surface area (Å²) in [5.74, 6) is 1.61. The number of aliphatic hydroxyl groups is 1. The molecule has 0 aliphatic carbocycles. The van der Waals surface area contributed by atoms with E-state index in [4.69, 9.17) is 15.2 Å². The van der Waals surface area contributed by atoms with Crippen molar-refractivity contribution in [1.82, 2.24) is 0 Å². The zero-order chi connectivity index (χ0) is 13.7. The van der Waals surface area contributed by atoms with Gasteiger partial charge in [-0.1, -0.05) is 26.0 Å². The fourth-order valence-corrected chi connectivity index (χ4v) is 2.01. The number of hydrogen-bond acceptors (Lipinski definition) is 4. The van der Waals surface area contributed by atoms with Crippen molar-refractivity contribution in [3.63, 3.8) is 0 Å². The van der Waals surface area contributed by atoms with Crippen LogP contribution in [0.1, 0.15) is 31.9 Å². The predicted molar refractivity (Wildman–Crippen MR) is 71.9 cm³/mol. The van der Waals surface area contributed by atoms with Crippen LogP contribution in [0.4, 0.5) is 0 Å². The second-order valence-electron chi connectivity index (χ2n) is 4.81. The van der Waals surface area contributed by atoms with Crippen molar-refractivity contribution >= 4 is 0 Å². The van der Waals surface area contributed by atoms with Crippen molar-refractivity contribution in [1.29, 1.82) is 0 Å². The Balaban J connectivity index is 3.01. The quantitative estimate of drug-likeness (QED) is 0.815. The maximum absolute atomic E-state index is 10.1. The molecular formula is C14H23NO3. The summed E-state index contributed by atoms with van der Waals surface area (Å²) in [6.07, 6.45) is 0.0626. The van der Waals surface area contributed by atoms with E-state index < -0.39 is 12.1 Å². The van der Waals surface area contributed by atoms with Crippen molar-refractivity contribution in [2.45, 2.75) is 32.4 Å². The highest BCUT2D eigenvalue weighted by atomic mass is 16.5. The zero-order valence-corrected chi connectivity index (χ0v) is 11.5. The summed E-state index contributed by atoms with van der Waals surface area (Å²) < 4.78 is 10.6. The molecule has 102 valence electrons. The van der Waals surface area contributed by atoms with E-state index in [0.29, 0.717) is 23.8 Å². The fourth-order valence-electron chi connectivity index (χ4n) is 2.01. The Labute approximate surface area is 109 Å². The van der Waals surface area contributed by atoms with Crippen LogP contribution in [0.3, 0.4) is 0 Å². The van der Waals surface area contributed by atoms with E-state index in [1.54, 1.807) is 14.2 Å². The zero-order valence-electron chi connectivity index (χ0n) is 11.5. The van der Waals surface area contributed by atoms with Gasteiger partial charge in [0.1, 0.15) is 0 Å². The van der Waals surface area contributed by atoms with E-state index >= 15 is 0 Å². The Morgan fingerprint density at radius 3 is 2.39 bits per heavy atom. The average Bonchev–Trinajstić information content (AvgIpc) is 2.35. The number of para-hydroxylation sites is 1. The van der Waals surface area contributed by atoms with E-state index in [1.807, 2.05) is 18.2 Å². The van der Waals surface area contributed by atoms with Gasteiger partial charge in [-0.05, 0) is 18.4 Å². The molecule has 0 bridgehead atoms. The first-order valence-electron chi connectivity index (χ1n) is 6.15. The molecule has 3 N–H and O–H groups in total. The van der Waals surface area contributed by atoms with Gasteiger partial charge in [-0.15, -0.1) is 0 Å². The lowest BCUT2D eigenvalue weighted by atomic mass is 9.94. The molecule has 0 radical (unpaired) electrons. The summed E-state index contributed by atoms with van der Waals surface area (Å²) in [5.41, 5.74) is 6.87. The fraction of sp³-hybridized carbons (Fsp3) is 0.571. The lowest BCUT2D eigenvalue weighted by Crippen LogP contribution is -2.28. The molecule has 0 heterocycles. The van der Waals surface area contributed by atoms with Crippen LogP contribution in [0, 0.1) is 5.92 Å². The second kappa shape index (κ2) is 6.61. The third kappa shape index (κ3) is 3.37. The molecule has 0 amide bonds. The lowest BCUT2D eigenvalue weighted by molar-refractivity contribution is 0.119. The van der Waals surface area contributed by atoms with Gasteiger partial charge >= 0.3 is 0 Å². The maximum atomic E-state index is 10.1. The number of rotatable bonds is 6. The smallest absolute Gasteiger partial charge is 0.165 e. The van der Waals surface area contributed by atoms with Gasteiger partial charge in [0.15, 0.2) is 11.5 Å². The second-order valence-corrected chi connectivity index (χ2v) is 4.81. The maximum Gasteiger partial charge on any atom is 0.165 e. The van der Waals surface area contributed by atoms with E-state index in [9.17, 15) is 5.11 Å². The first-order chi connectivity index (χ1) is 8.51. The normalized spacial score (nSPS) is 14.4. The number of benzene rings is 1. The van der Waals surface area contributed by atoms with Gasteiger partial charge in [-0.3, -0.25) is 0 Å². The van der Waals surface area contributed by atoms with E-state index in [0.717, 1.165) is 5.56 Å².